The molecule has 0 bridgehead atoms. The molecule has 0 aromatic rings. The molecule has 0 spiro atoms. The van der Waals surface area contributed by atoms with Gasteiger partial charge >= 0.3 is 35.5 Å². The van der Waals surface area contributed by atoms with E-state index in [1.807, 2.05) is 0 Å². The zero-order chi connectivity index (χ0) is 27.0. The van der Waals surface area contributed by atoms with Crippen molar-refractivity contribution in [2.75, 3.05) is 27.4 Å². The Balaban J connectivity index is -0.000000201. The Morgan fingerprint density at radius 2 is 0.515 bits per heavy atom. The molecular formula is C10H10F18NiO2P2. The van der Waals surface area contributed by atoms with Gasteiger partial charge in [0.1, 0.15) is 0 Å². The first-order valence-electron chi connectivity index (χ1n) is 6.64. The number of hydrogen-bond acceptors (Lipinski definition) is 2. The largest absolute Gasteiger partial charge is 0.422 e. The van der Waals surface area contributed by atoms with E-state index in [1.165, 1.54) is 0 Å². The Morgan fingerprint density at radius 1 is 0.394 bits per heavy atom. The van der Waals surface area contributed by atoms with Gasteiger partial charge in [0, 0.05) is 30.7 Å². The van der Waals surface area contributed by atoms with Gasteiger partial charge in [0.25, 0.3) is 0 Å². The second-order valence-corrected chi connectivity index (χ2v) is 8.85. The van der Waals surface area contributed by atoms with Crippen molar-refractivity contribution in [2.45, 2.75) is 35.5 Å². The summed E-state index contributed by atoms with van der Waals surface area (Å²) in [7, 11) is -8.66. The molecule has 33 heavy (non-hydrogen) atoms. The van der Waals surface area contributed by atoms with Crippen LogP contribution < -0.4 is 0 Å². The molecule has 23 heteroatoms. The molecule has 0 unspecified atom stereocenters. The number of alkyl halides is 18. The van der Waals surface area contributed by atoms with E-state index in [4.69, 9.17) is 0 Å². The Bertz CT molecular complexity index is 393. The molecule has 0 atom stereocenters. The van der Waals surface area contributed by atoms with Crippen LogP contribution in [0.3, 0.4) is 0 Å². The first kappa shape index (κ1) is 40.2. The van der Waals surface area contributed by atoms with Gasteiger partial charge in [0.15, 0.2) is 0 Å². The number of hydrogen-bond donors (Lipinski definition) is 0. The summed E-state index contributed by atoms with van der Waals surface area (Å²) in [6, 6.07) is 0. The van der Waals surface area contributed by atoms with Crippen LogP contribution in [0, 0.1) is 0 Å². The Labute approximate surface area is 184 Å². The van der Waals surface area contributed by atoms with Crippen molar-refractivity contribution >= 4 is 15.8 Å². The van der Waals surface area contributed by atoms with Gasteiger partial charge in [-0.15, -0.1) is 0 Å². The summed E-state index contributed by atoms with van der Waals surface area (Å²) < 4.78 is 213. The van der Waals surface area contributed by atoms with E-state index in [9.17, 15) is 79.0 Å². The van der Waals surface area contributed by atoms with Gasteiger partial charge in [-0.1, -0.05) is 0 Å². The third-order valence-corrected chi connectivity index (χ3v) is 5.06. The van der Waals surface area contributed by atoms with Crippen LogP contribution in [-0.2, 0) is 26.0 Å². The molecule has 0 fully saturated rings. The molecular weight excluding hydrogens is 615 g/mol. The zero-order valence-electron chi connectivity index (χ0n) is 15.2. The van der Waals surface area contributed by atoms with E-state index in [0.717, 1.165) is 0 Å². The van der Waals surface area contributed by atoms with Crippen molar-refractivity contribution in [3.8, 4) is 0 Å². The number of ether oxygens (including phenoxy) is 2. The van der Waals surface area contributed by atoms with Crippen molar-refractivity contribution in [3.63, 3.8) is 0 Å². The van der Waals surface area contributed by atoms with Crippen LogP contribution >= 0.6 is 15.8 Å². The summed E-state index contributed by atoms with van der Waals surface area (Å²) in [6.07, 6.45) is 0. The van der Waals surface area contributed by atoms with Crippen LogP contribution in [0.1, 0.15) is 0 Å². The normalized spacial score (nSPS) is 13.6. The quantitative estimate of drug-likeness (QED) is 0.136. The molecule has 2 nitrogen and oxygen atoms in total. The van der Waals surface area contributed by atoms with Crippen molar-refractivity contribution in [1.29, 1.82) is 0 Å². The maximum atomic E-state index is 11.3. The number of rotatable bonds is 3. The fraction of sp³-hybridized carbons (Fsp3) is 1.00. The Morgan fingerprint density at radius 3 is 0.545 bits per heavy atom. The minimum atomic E-state index is -6.30. The van der Waals surface area contributed by atoms with Gasteiger partial charge in [-0.25, -0.2) is 0 Å². The van der Waals surface area contributed by atoms with E-state index in [1.54, 1.807) is 14.2 Å². The van der Waals surface area contributed by atoms with Crippen LogP contribution in [0.5, 0.6) is 0 Å². The van der Waals surface area contributed by atoms with Crippen molar-refractivity contribution in [2.24, 2.45) is 0 Å². The van der Waals surface area contributed by atoms with Crippen LogP contribution in [-0.4, -0.2) is 62.9 Å². The molecule has 0 heterocycles. The summed E-state index contributed by atoms with van der Waals surface area (Å²) >= 11 is 0. The summed E-state index contributed by atoms with van der Waals surface area (Å²) in [4.78, 5) is 0. The molecule has 0 aromatic carbocycles. The maximum Gasteiger partial charge on any atom is 0.422 e. The summed E-state index contributed by atoms with van der Waals surface area (Å²) in [5, 5.41) is 0. The first-order chi connectivity index (χ1) is 13.6. The molecule has 0 N–H and O–H groups in total. The second kappa shape index (κ2) is 14.5. The molecule has 208 valence electrons. The summed E-state index contributed by atoms with van der Waals surface area (Å²) in [6.45, 7) is 1.38. The van der Waals surface area contributed by atoms with Crippen LogP contribution in [0.25, 0.3) is 0 Å². The monoisotopic (exact) mass is 624 g/mol. The average molecular weight is 625 g/mol. The van der Waals surface area contributed by atoms with Crippen LogP contribution in [0.4, 0.5) is 79.0 Å². The van der Waals surface area contributed by atoms with Crippen molar-refractivity contribution in [1.82, 2.24) is 0 Å². The van der Waals surface area contributed by atoms with Crippen molar-refractivity contribution < 1.29 is 105 Å². The average Bonchev–Trinajstić information content (AvgIpc) is 2.35. The Kier molecular flexibility index (Phi) is 17.7. The van der Waals surface area contributed by atoms with Gasteiger partial charge in [-0.05, 0) is 0 Å². The number of methoxy groups -OCH3 is 2. The molecule has 0 radical (unpaired) electrons. The van der Waals surface area contributed by atoms with E-state index < -0.39 is 51.3 Å². The van der Waals surface area contributed by atoms with Crippen molar-refractivity contribution in [3.05, 3.63) is 0 Å². The third kappa shape index (κ3) is 18.9. The molecule has 0 aliphatic rings. The predicted molar refractivity (Wildman–Crippen MR) is 73.9 cm³/mol. The molecule has 0 amide bonds. The topological polar surface area (TPSA) is 18.5 Å². The first-order valence-corrected chi connectivity index (χ1v) is 9.32. The Hall–Kier alpha value is 0.0135. The minimum Gasteiger partial charge on any atom is -0.382 e. The summed E-state index contributed by atoms with van der Waals surface area (Å²) in [5.41, 5.74) is 0. The second-order valence-electron chi connectivity index (χ2n) is 4.46. The fourth-order valence-corrected chi connectivity index (χ4v) is 2.75. The minimum absolute atomic E-state index is 0. The molecule has 0 aliphatic carbocycles. The van der Waals surface area contributed by atoms with Gasteiger partial charge < -0.3 is 9.47 Å². The van der Waals surface area contributed by atoms with E-state index in [0.29, 0.717) is 13.2 Å². The predicted octanol–water partition coefficient (Wildman–Crippen LogP) is 8.33. The zero-order valence-corrected chi connectivity index (χ0v) is 18.0. The van der Waals surface area contributed by atoms with Gasteiger partial charge in [0.05, 0.1) is 13.2 Å². The van der Waals surface area contributed by atoms with Gasteiger partial charge in [-0.2, -0.15) is 79.0 Å². The van der Waals surface area contributed by atoms with E-state index in [2.05, 4.69) is 9.47 Å². The van der Waals surface area contributed by atoms with E-state index in [-0.39, 0.29) is 16.5 Å². The maximum absolute atomic E-state index is 11.3. The smallest absolute Gasteiger partial charge is 0.382 e. The third-order valence-electron chi connectivity index (χ3n) is 2.01. The van der Waals surface area contributed by atoms with Crippen LogP contribution in [0.2, 0.25) is 0 Å². The molecule has 0 rings (SSSR count). The summed E-state index contributed by atoms with van der Waals surface area (Å²) in [5.74, 6) is -37.8. The fourth-order valence-electron chi connectivity index (χ4n) is 1.03. The molecule has 0 aromatic heterocycles. The number of halogens is 18. The molecule has 0 saturated heterocycles. The molecule has 0 saturated carbocycles. The standard InChI is InChI=1S/C4H10O2.2C3F9P.Ni/c1-5-3-4-6-2;2*4-1(5,6)13(2(7,8)9)3(10,11)12;/h3-4H2,1-2H3;;;. The van der Waals surface area contributed by atoms with E-state index >= 15 is 0 Å². The molecule has 0 aliphatic heterocycles. The van der Waals surface area contributed by atoms with Crippen LogP contribution in [0.15, 0.2) is 0 Å². The SMILES string of the molecule is COCCOC.FC(F)(F)P(C(F)(F)F)C(F)(F)F.FC(F)(F)P(C(F)(F)F)C(F)(F)F.[Ni]. The van der Waals surface area contributed by atoms with Gasteiger partial charge in [-0.3, -0.25) is 0 Å². The van der Waals surface area contributed by atoms with Gasteiger partial charge in [0.2, 0.25) is 15.8 Å².